The lowest BCUT2D eigenvalue weighted by Gasteiger charge is -2.55. The Bertz CT molecular complexity index is 589. The van der Waals surface area contributed by atoms with E-state index in [1.165, 1.54) is 12.8 Å². The minimum absolute atomic E-state index is 0.0136. The molecule has 2 atom stereocenters. The number of amides is 2. The van der Waals surface area contributed by atoms with Gasteiger partial charge in [0.2, 0.25) is 11.8 Å². The van der Waals surface area contributed by atoms with Gasteiger partial charge in [0.05, 0.1) is 0 Å². The van der Waals surface area contributed by atoms with Crippen molar-refractivity contribution in [2.75, 3.05) is 0 Å². The minimum Gasteiger partial charge on any atom is -0.332 e. The summed E-state index contributed by atoms with van der Waals surface area (Å²) in [5.41, 5.74) is -0.418. The maximum absolute atomic E-state index is 13.8. The maximum Gasteiger partial charge on any atom is 0.226 e. The van der Waals surface area contributed by atoms with Crippen molar-refractivity contribution in [3.63, 3.8) is 0 Å². The fraction of sp³-hybridized carbons (Fsp3) is 0.923. The van der Waals surface area contributed by atoms with Crippen LogP contribution in [0.15, 0.2) is 0 Å². The quantitative estimate of drug-likeness (QED) is 0.557. The summed E-state index contributed by atoms with van der Waals surface area (Å²) >= 11 is 0. The summed E-state index contributed by atoms with van der Waals surface area (Å²) in [5.74, 6) is 0.555. The van der Waals surface area contributed by atoms with E-state index in [9.17, 15) is 9.59 Å². The average molecular weight is 419 g/mol. The fourth-order valence-electron chi connectivity index (χ4n) is 7.19. The van der Waals surface area contributed by atoms with E-state index < -0.39 is 0 Å². The molecule has 4 nitrogen and oxygen atoms in total. The van der Waals surface area contributed by atoms with E-state index in [1.807, 2.05) is 0 Å². The zero-order valence-electron chi connectivity index (χ0n) is 20.9. The highest BCUT2D eigenvalue weighted by Gasteiger charge is 2.49. The summed E-state index contributed by atoms with van der Waals surface area (Å²) in [5, 5.41) is 0. The summed E-state index contributed by atoms with van der Waals surface area (Å²) < 4.78 is 0. The number of likely N-dealkylation sites (tertiary alicyclic amines) is 2. The first kappa shape index (κ1) is 23.6. The summed E-state index contributed by atoms with van der Waals surface area (Å²) in [6.45, 7) is 17.7. The zero-order chi connectivity index (χ0) is 22.5. The predicted octanol–water partition coefficient (Wildman–Crippen LogP) is 5.93. The van der Waals surface area contributed by atoms with Crippen LogP contribution < -0.4 is 0 Å². The predicted molar refractivity (Wildman–Crippen MR) is 123 cm³/mol. The number of piperidine rings is 2. The first-order valence-corrected chi connectivity index (χ1v) is 12.4. The molecule has 2 unspecified atom stereocenters. The number of carbonyl (C=O) groups excluding carboxylic acids is 2. The summed E-state index contributed by atoms with van der Waals surface area (Å²) in [6.07, 6.45) is 10.2. The van der Waals surface area contributed by atoms with Crippen LogP contribution in [-0.4, -0.2) is 43.8 Å². The van der Waals surface area contributed by atoms with Gasteiger partial charge in [0.15, 0.2) is 0 Å². The number of hydrogen-bond acceptors (Lipinski definition) is 2. The van der Waals surface area contributed by atoms with Crippen LogP contribution in [0.1, 0.15) is 120 Å². The van der Waals surface area contributed by atoms with Crippen molar-refractivity contribution < 1.29 is 9.59 Å². The van der Waals surface area contributed by atoms with Gasteiger partial charge in [0.1, 0.15) is 0 Å². The van der Waals surface area contributed by atoms with Crippen molar-refractivity contribution in [2.24, 2.45) is 11.8 Å². The molecule has 172 valence electrons. The molecule has 0 aromatic rings. The number of nitrogens with zero attached hydrogens (tertiary/aromatic N) is 2. The summed E-state index contributed by atoms with van der Waals surface area (Å²) in [7, 11) is 0. The molecule has 3 rings (SSSR count). The third kappa shape index (κ3) is 4.30. The fourth-order valence-corrected chi connectivity index (χ4v) is 7.19. The minimum atomic E-state index is -0.105. The number of rotatable bonds is 2. The molecule has 2 aliphatic heterocycles. The second-order valence-electron chi connectivity index (χ2n) is 12.9. The van der Waals surface area contributed by atoms with Gasteiger partial charge >= 0.3 is 0 Å². The van der Waals surface area contributed by atoms with Gasteiger partial charge in [0, 0.05) is 34.0 Å². The monoisotopic (exact) mass is 418 g/mol. The Morgan fingerprint density at radius 2 is 0.867 bits per heavy atom. The van der Waals surface area contributed by atoms with Gasteiger partial charge in [-0.15, -0.1) is 0 Å². The first-order valence-electron chi connectivity index (χ1n) is 12.4. The van der Waals surface area contributed by atoms with E-state index in [0.29, 0.717) is 11.8 Å². The maximum atomic E-state index is 13.8. The molecule has 2 saturated heterocycles. The molecule has 2 amide bonds. The average Bonchev–Trinajstić information content (AvgIpc) is 2.58. The van der Waals surface area contributed by atoms with Crippen LogP contribution in [-0.2, 0) is 9.59 Å². The summed E-state index contributed by atoms with van der Waals surface area (Å²) in [4.78, 5) is 31.9. The highest BCUT2D eigenvalue weighted by molar-refractivity contribution is 5.84. The molecular weight excluding hydrogens is 372 g/mol. The topological polar surface area (TPSA) is 40.6 Å². The van der Waals surface area contributed by atoms with E-state index in [2.05, 4.69) is 65.2 Å². The summed E-state index contributed by atoms with van der Waals surface area (Å²) in [6, 6.07) is 0. The molecule has 0 radical (unpaired) electrons. The molecule has 0 bridgehead atoms. The van der Waals surface area contributed by atoms with Gasteiger partial charge in [-0.1, -0.05) is 6.42 Å². The van der Waals surface area contributed by atoms with Crippen molar-refractivity contribution in [3.8, 4) is 0 Å². The van der Waals surface area contributed by atoms with Crippen LogP contribution in [0.2, 0.25) is 0 Å². The van der Waals surface area contributed by atoms with E-state index in [-0.39, 0.29) is 34.0 Å². The molecule has 0 N–H and O–H groups in total. The lowest BCUT2D eigenvalue weighted by atomic mass is 9.73. The lowest BCUT2D eigenvalue weighted by Crippen LogP contribution is -2.63. The van der Waals surface area contributed by atoms with Gasteiger partial charge < -0.3 is 9.80 Å². The van der Waals surface area contributed by atoms with Gasteiger partial charge in [-0.3, -0.25) is 9.59 Å². The van der Waals surface area contributed by atoms with E-state index in [4.69, 9.17) is 0 Å². The van der Waals surface area contributed by atoms with Crippen molar-refractivity contribution in [2.45, 2.75) is 142 Å². The van der Waals surface area contributed by atoms with Crippen LogP contribution in [0, 0.1) is 11.8 Å². The molecule has 1 aliphatic carbocycles. The van der Waals surface area contributed by atoms with E-state index in [1.54, 1.807) is 0 Å². The highest BCUT2D eigenvalue weighted by Crippen LogP contribution is 2.44. The van der Waals surface area contributed by atoms with Gasteiger partial charge in [-0.25, -0.2) is 0 Å². The van der Waals surface area contributed by atoms with Gasteiger partial charge in [-0.2, -0.15) is 0 Å². The van der Waals surface area contributed by atoms with Gasteiger partial charge in [0.25, 0.3) is 0 Å². The molecule has 3 aliphatic rings. The normalized spacial score (nSPS) is 32.5. The third-order valence-electron chi connectivity index (χ3n) is 8.39. The molecular formula is C26H46N2O2. The lowest BCUT2D eigenvalue weighted by molar-refractivity contribution is -0.159. The zero-order valence-corrected chi connectivity index (χ0v) is 20.9. The SMILES string of the molecule is CC1(C)CCCC(C)(C)N1C(=O)C1CCCC(C(=O)N2C(C)(C)CCCC2(C)C)C1. The third-order valence-corrected chi connectivity index (χ3v) is 8.39. The standard InChI is InChI=1S/C26H46N2O2/c1-23(2)14-10-15-24(3,4)27(23)21(29)19-12-9-13-20(18-19)22(30)28-25(5,6)16-11-17-26(28,7)8/h19-20H,9-18H2,1-8H3. The Morgan fingerprint density at radius 1 is 0.567 bits per heavy atom. The van der Waals surface area contributed by atoms with Crippen LogP contribution >= 0.6 is 0 Å². The van der Waals surface area contributed by atoms with Crippen LogP contribution in [0.25, 0.3) is 0 Å². The Hall–Kier alpha value is -1.06. The van der Waals surface area contributed by atoms with Crippen LogP contribution in [0.3, 0.4) is 0 Å². The van der Waals surface area contributed by atoms with Crippen molar-refractivity contribution in [1.82, 2.24) is 9.80 Å². The van der Waals surface area contributed by atoms with E-state index >= 15 is 0 Å². The second-order valence-corrected chi connectivity index (χ2v) is 12.9. The Balaban J connectivity index is 1.79. The first-order chi connectivity index (χ1) is 13.7. The Labute approximate surface area is 185 Å². The second kappa shape index (κ2) is 7.81. The number of hydrogen-bond donors (Lipinski definition) is 0. The smallest absolute Gasteiger partial charge is 0.226 e. The van der Waals surface area contributed by atoms with Crippen LogP contribution in [0.4, 0.5) is 0 Å². The molecule has 0 aromatic heterocycles. The molecule has 30 heavy (non-hydrogen) atoms. The molecule has 3 fully saturated rings. The Morgan fingerprint density at radius 3 is 1.17 bits per heavy atom. The number of carbonyl (C=O) groups is 2. The molecule has 4 heteroatoms. The van der Waals surface area contributed by atoms with Crippen molar-refractivity contribution >= 4 is 11.8 Å². The largest absolute Gasteiger partial charge is 0.332 e. The van der Waals surface area contributed by atoms with Crippen molar-refractivity contribution in [1.29, 1.82) is 0 Å². The van der Waals surface area contributed by atoms with E-state index in [0.717, 1.165) is 51.4 Å². The molecule has 0 spiro atoms. The molecule has 0 aromatic carbocycles. The van der Waals surface area contributed by atoms with Gasteiger partial charge in [-0.05, 0) is 113 Å². The van der Waals surface area contributed by atoms with Crippen molar-refractivity contribution in [3.05, 3.63) is 0 Å². The molecule has 1 saturated carbocycles. The molecule has 2 heterocycles. The Kier molecular flexibility index (Phi) is 6.15. The highest BCUT2D eigenvalue weighted by atomic mass is 16.2. The van der Waals surface area contributed by atoms with Crippen LogP contribution in [0.5, 0.6) is 0 Å².